The quantitative estimate of drug-likeness (QED) is 0.903. The molecule has 5 heteroatoms. The van der Waals surface area contributed by atoms with Gasteiger partial charge in [0.2, 0.25) is 0 Å². The minimum atomic E-state index is -0.0781. The fourth-order valence-electron chi connectivity index (χ4n) is 2.30. The van der Waals surface area contributed by atoms with Crippen LogP contribution in [-0.4, -0.2) is 25.7 Å². The Bertz CT molecular complexity index is 603. The highest BCUT2D eigenvalue weighted by atomic mass is 32.1. The molecule has 0 spiro atoms. The summed E-state index contributed by atoms with van der Waals surface area (Å²) in [6.07, 6.45) is 1.02. The van der Waals surface area contributed by atoms with Crippen molar-refractivity contribution in [2.75, 3.05) is 25.5 Å². The third kappa shape index (κ3) is 2.43. The highest BCUT2D eigenvalue weighted by Crippen LogP contribution is 2.33. The molecule has 100 valence electrons. The van der Waals surface area contributed by atoms with Crippen molar-refractivity contribution in [3.63, 3.8) is 0 Å². The summed E-state index contributed by atoms with van der Waals surface area (Å²) in [5.41, 5.74) is 6.63. The summed E-state index contributed by atoms with van der Waals surface area (Å²) in [6.45, 7) is 2.19. The Balaban J connectivity index is 1.75. The average molecular weight is 276 g/mol. The van der Waals surface area contributed by atoms with E-state index >= 15 is 0 Å². The number of rotatable bonds is 3. The summed E-state index contributed by atoms with van der Waals surface area (Å²) in [6, 6.07) is 7.82. The van der Waals surface area contributed by atoms with Gasteiger partial charge in [0.15, 0.2) is 0 Å². The van der Waals surface area contributed by atoms with Crippen LogP contribution >= 0.6 is 11.3 Å². The van der Waals surface area contributed by atoms with E-state index in [-0.39, 0.29) is 5.91 Å². The Morgan fingerprint density at radius 2 is 2.32 bits per heavy atom. The van der Waals surface area contributed by atoms with Gasteiger partial charge in [0.1, 0.15) is 4.88 Å². The van der Waals surface area contributed by atoms with Crippen LogP contribution in [0.4, 0.5) is 5.69 Å². The first-order valence-electron chi connectivity index (χ1n) is 6.38. The molecule has 1 atom stereocenters. The fraction of sp³-hybridized carbons (Fsp3) is 0.357. The number of carbonyl (C=O) groups excluding carboxylic acids is 1. The molecule has 3 rings (SSSR count). The topological polar surface area (TPSA) is 64.4 Å². The molecular weight excluding hydrogens is 260 g/mol. The second-order valence-corrected chi connectivity index (χ2v) is 5.83. The van der Waals surface area contributed by atoms with Crippen molar-refractivity contribution in [2.45, 2.75) is 6.42 Å². The second kappa shape index (κ2) is 5.19. The minimum absolute atomic E-state index is 0.0781. The molecule has 1 aromatic carbocycles. The Hall–Kier alpha value is -1.59. The van der Waals surface area contributed by atoms with Crippen LogP contribution in [0, 0.1) is 5.92 Å². The zero-order chi connectivity index (χ0) is 13.2. The Kier molecular flexibility index (Phi) is 3.40. The molecule has 0 radical (unpaired) electrons. The zero-order valence-electron chi connectivity index (χ0n) is 10.5. The lowest BCUT2D eigenvalue weighted by molar-refractivity contribution is 0.0950. The van der Waals surface area contributed by atoms with Gasteiger partial charge in [0, 0.05) is 29.2 Å². The molecule has 0 saturated carbocycles. The van der Waals surface area contributed by atoms with Crippen LogP contribution in [-0.2, 0) is 4.74 Å². The summed E-state index contributed by atoms with van der Waals surface area (Å²) < 4.78 is 6.34. The molecular formula is C14H16N2O2S. The third-order valence-electron chi connectivity index (χ3n) is 3.42. The van der Waals surface area contributed by atoms with E-state index in [0.29, 0.717) is 23.0 Å². The number of ether oxygens (including phenoxy) is 1. The van der Waals surface area contributed by atoms with Crippen LogP contribution in [0.25, 0.3) is 10.1 Å². The van der Waals surface area contributed by atoms with Gasteiger partial charge in [-0.25, -0.2) is 0 Å². The number of nitrogen functional groups attached to an aromatic ring is 1. The zero-order valence-corrected chi connectivity index (χ0v) is 11.3. The molecule has 1 amide bonds. The summed E-state index contributed by atoms with van der Waals surface area (Å²) in [7, 11) is 0. The first-order valence-corrected chi connectivity index (χ1v) is 7.20. The summed E-state index contributed by atoms with van der Waals surface area (Å²) in [4.78, 5) is 12.8. The first-order chi connectivity index (χ1) is 9.25. The van der Waals surface area contributed by atoms with Crippen LogP contribution < -0.4 is 11.1 Å². The maximum Gasteiger partial charge on any atom is 0.263 e. The van der Waals surface area contributed by atoms with E-state index in [0.717, 1.165) is 29.7 Å². The molecule has 0 aliphatic carbocycles. The molecule has 1 fully saturated rings. The van der Waals surface area contributed by atoms with E-state index < -0.39 is 0 Å². The van der Waals surface area contributed by atoms with Crippen LogP contribution in [0.5, 0.6) is 0 Å². The van der Waals surface area contributed by atoms with Gasteiger partial charge in [-0.2, -0.15) is 0 Å². The number of carbonyl (C=O) groups is 1. The van der Waals surface area contributed by atoms with Crippen molar-refractivity contribution in [3.05, 3.63) is 29.1 Å². The van der Waals surface area contributed by atoms with Crippen molar-refractivity contribution in [1.82, 2.24) is 5.32 Å². The molecule has 2 aromatic rings. The van der Waals surface area contributed by atoms with Crippen molar-refractivity contribution in [2.24, 2.45) is 5.92 Å². The fourth-order valence-corrected chi connectivity index (χ4v) is 3.33. The number of anilines is 1. The lowest BCUT2D eigenvalue weighted by atomic mass is 10.1. The molecule has 1 aliphatic heterocycles. The van der Waals surface area contributed by atoms with Gasteiger partial charge in [0.25, 0.3) is 5.91 Å². The third-order valence-corrected chi connectivity index (χ3v) is 4.60. The summed E-state index contributed by atoms with van der Waals surface area (Å²) in [5.74, 6) is 0.352. The van der Waals surface area contributed by atoms with Crippen molar-refractivity contribution in [3.8, 4) is 0 Å². The smallest absolute Gasteiger partial charge is 0.263 e. The Labute approximate surface area is 115 Å². The largest absolute Gasteiger partial charge is 0.397 e. The monoisotopic (exact) mass is 276 g/mol. The van der Waals surface area contributed by atoms with Gasteiger partial charge in [0.05, 0.1) is 12.3 Å². The van der Waals surface area contributed by atoms with Crippen LogP contribution in [0.1, 0.15) is 16.1 Å². The van der Waals surface area contributed by atoms with Crippen molar-refractivity contribution in [1.29, 1.82) is 0 Å². The van der Waals surface area contributed by atoms with Gasteiger partial charge < -0.3 is 15.8 Å². The van der Waals surface area contributed by atoms with E-state index in [9.17, 15) is 4.79 Å². The number of amides is 1. The number of fused-ring (bicyclic) bond motifs is 1. The molecule has 1 aliphatic rings. The molecule has 1 aromatic heterocycles. The molecule has 2 heterocycles. The van der Waals surface area contributed by atoms with E-state index in [1.165, 1.54) is 11.3 Å². The second-order valence-electron chi connectivity index (χ2n) is 4.78. The van der Waals surface area contributed by atoms with E-state index in [2.05, 4.69) is 5.32 Å². The maximum absolute atomic E-state index is 12.2. The summed E-state index contributed by atoms with van der Waals surface area (Å²) >= 11 is 1.45. The Morgan fingerprint density at radius 1 is 1.47 bits per heavy atom. The van der Waals surface area contributed by atoms with Crippen LogP contribution in [0.2, 0.25) is 0 Å². The predicted molar refractivity (Wildman–Crippen MR) is 77.5 cm³/mol. The van der Waals surface area contributed by atoms with Crippen molar-refractivity contribution >= 4 is 33.0 Å². The van der Waals surface area contributed by atoms with Crippen LogP contribution in [0.15, 0.2) is 24.3 Å². The molecule has 0 bridgehead atoms. The van der Waals surface area contributed by atoms with Crippen LogP contribution in [0.3, 0.4) is 0 Å². The number of thiophene rings is 1. The lowest BCUT2D eigenvalue weighted by Crippen LogP contribution is -2.29. The highest BCUT2D eigenvalue weighted by Gasteiger charge is 2.19. The average Bonchev–Trinajstić information content (AvgIpc) is 3.05. The van der Waals surface area contributed by atoms with Gasteiger partial charge in [-0.3, -0.25) is 4.79 Å². The molecule has 4 nitrogen and oxygen atoms in total. The van der Waals surface area contributed by atoms with E-state index in [1.807, 2.05) is 24.3 Å². The number of nitrogens with one attached hydrogen (secondary N) is 1. The Morgan fingerprint density at radius 3 is 3.05 bits per heavy atom. The molecule has 19 heavy (non-hydrogen) atoms. The molecule has 1 saturated heterocycles. The number of hydrogen-bond acceptors (Lipinski definition) is 4. The SMILES string of the molecule is Nc1c(C(=O)NCC2CCOC2)sc2ccccc12. The van der Waals surface area contributed by atoms with Gasteiger partial charge >= 0.3 is 0 Å². The first kappa shape index (κ1) is 12.4. The predicted octanol–water partition coefficient (Wildman–Crippen LogP) is 2.25. The normalized spacial score (nSPS) is 18.8. The van der Waals surface area contributed by atoms with Gasteiger partial charge in [-0.05, 0) is 12.5 Å². The highest BCUT2D eigenvalue weighted by molar-refractivity contribution is 7.21. The number of hydrogen-bond donors (Lipinski definition) is 2. The van der Waals surface area contributed by atoms with E-state index in [4.69, 9.17) is 10.5 Å². The summed E-state index contributed by atoms with van der Waals surface area (Å²) in [5, 5.41) is 3.91. The van der Waals surface area contributed by atoms with Crippen molar-refractivity contribution < 1.29 is 9.53 Å². The maximum atomic E-state index is 12.2. The molecule has 1 unspecified atom stereocenters. The minimum Gasteiger partial charge on any atom is -0.397 e. The number of benzene rings is 1. The lowest BCUT2D eigenvalue weighted by Gasteiger charge is -2.08. The van der Waals surface area contributed by atoms with E-state index in [1.54, 1.807) is 0 Å². The number of nitrogens with two attached hydrogens (primary N) is 1. The standard InChI is InChI=1S/C14H16N2O2S/c15-12-10-3-1-2-4-11(10)19-13(12)14(17)16-7-9-5-6-18-8-9/h1-4,9H,5-8,15H2,(H,16,17). The van der Waals surface area contributed by atoms with Gasteiger partial charge in [-0.15, -0.1) is 11.3 Å². The van der Waals surface area contributed by atoms with Gasteiger partial charge in [-0.1, -0.05) is 18.2 Å². The molecule has 3 N–H and O–H groups in total.